The summed E-state index contributed by atoms with van der Waals surface area (Å²) >= 11 is 1.34. The molecule has 0 radical (unpaired) electrons. The third kappa shape index (κ3) is 4.49. The number of nitrogens with zero attached hydrogens (tertiary/aromatic N) is 1. The Kier molecular flexibility index (Phi) is 6.82. The van der Waals surface area contributed by atoms with E-state index in [2.05, 4.69) is 5.32 Å². The van der Waals surface area contributed by atoms with Crippen LogP contribution < -0.4 is 25.3 Å². The molecule has 3 N–H and O–H groups in total. The molecular weight excluding hydrogens is 418 g/mol. The fourth-order valence-electron chi connectivity index (χ4n) is 3.59. The lowest BCUT2D eigenvalue weighted by atomic mass is 9.95. The number of aryl methyl sites for hydroxylation is 1. The Bertz CT molecular complexity index is 1070. The van der Waals surface area contributed by atoms with Crippen molar-refractivity contribution in [2.24, 2.45) is 5.73 Å². The molecule has 2 aromatic rings. The van der Waals surface area contributed by atoms with Crippen LogP contribution in [0.25, 0.3) is 6.08 Å². The molecular formula is C22H23N3O5S. The van der Waals surface area contributed by atoms with Crippen LogP contribution in [0.4, 0.5) is 5.00 Å². The molecule has 0 unspecified atom stereocenters. The first-order valence-electron chi connectivity index (χ1n) is 9.61. The number of hydrogen-bond acceptors (Lipinski definition) is 7. The van der Waals surface area contributed by atoms with Gasteiger partial charge in [-0.3, -0.25) is 9.59 Å². The van der Waals surface area contributed by atoms with Gasteiger partial charge in [0.2, 0.25) is 5.75 Å². The van der Waals surface area contributed by atoms with Crippen LogP contribution in [0.5, 0.6) is 17.2 Å². The Labute approximate surface area is 184 Å². The quantitative estimate of drug-likeness (QED) is 0.502. The fourth-order valence-corrected chi connectivity index (χ4v) is 4.87. The normalized spacial score (nSPS) is 13.0. The number of amides is 2. The topological polar surface area (TPSA) is 124 Å². The van der Waals surface area contributed by atoms with E-state index in [9.17, 15) is 14.9 Å². The van der Waals surface area contributed by atoms with Crippen LogP contribution in [-0.2, 0) is 17.6 Å². The summed E-state index contributed by atoms with van der Waals surface area (Å²) in [5, 5.41) is 12.7. The second-order valence-electron chi connectivity index (χ2n) is 6.86. The molecule has 1 aromatic heterocycles. The lowest BCUT2D eigenvalue weighted by Crippen LogP contribution is -2.19. The largest absolute Gasteiger partial charge is 0.493 e. The highest BCUT2D eigenvalue weighted by Crippen LogP contribution is 2.40. The number of ether oxygens (including phenoxy) is 3. The molecule has 162 valence electrons. The van der Waals surface area contributed by atoms with Crippen LogP contribution in [0, 0.1) is 11.3 Å². The van der Waals surface area contributed by atoms with Gasteiger partial charge in [0.15, 0.2) is 11.5 Å². The monoisotopic (exact) mass is 441 g/mol. The van der Waals surface area contributed by atoms with E-state index in [1.54, 1.807) is 12.1 Å². The maximum atomic E-state index is 12.8. The summed E-state index contributed by atoms with van der Waals surface area (Å²) in [6.45, 7) is 0. The molecule has 31 heavy (non-hydrogen) atoms. The predicted octanol–water partition coefficient (Wildman–Crippen LogP) is 3.30. The minimum atomic E-state index is -0.627. The van der Waals surface area contributed by atoms with Gasteiger partial charge in [-0.25, -0.2) is 0 Å². The van der Waals surface area contributed by atoms with Gasteiger partial charge >= 0.3 is 0 Å². The summed E-state index contributed by atoms with van der Waals surface area (Å²) in [6.07, 6.45) is 5.03. The third-order valence-electron chi connectivity index (χ3n) is 5.01. The molecule has 0 atom stereocenters. The lowest BCUT2D eigenvalue weighted by Gasteiger charge is -2.13. The van der Waals surface area contributed by atoms with Crippen molar-refractivity contribution >= 4 is 34.2 Å². The second kappa shape index (κ2) is 9.53. The van der Waals surface area contributed by atoms with Crippen molar-refractivity contribution in [2.75, 3.05) is 26.6 Å². The van der Waals surface area contributed by atoms with Crippen LogP contribution in [0.15, 0.2) is 17.7 Å². The van der Waals surface area contributed by atoms with Gasteiger partial charge < -0.3 is 25.3 Å². The van der Waals surface area contributed by atoms with Crippen molar-refractivity contribution in [3.63, 3.8) is 0 Å². The van der Waals surface area contributed by atoms with Gasteiger partial charge in [-0.2, -0.15) is 5.26 Å². The Morgan fingerprint density at radius 3 is 2.32 bits per heavy atom. The molecule has 0 fully saturated rings. The zero-order valence-corrected chi connectivity index (χ0v) is 18.4. The molecule has 1 aromatic carbocycles. The Morgan fingerprint density at radius 1 is 1.13 bits per heavy atom. The molecule has 0 spiro atoms. The molecule has 0 aliphatic heterocycles. The molecule has 0 bridgehead atoms. The van der Waals surface area contributed by atoms with Crippen molar-refractivity contribution in [3.05, 3.63) is 39.3 Å². The van der Waals surface area contributed by atoms with E-state index >= 15 is 0 Å². The zero-order valence-electron chi connectivity index (χ0n) is 17.5. The average Bonchev–Trinajstić information content (AvgIpc) is 3.14. The summed E-state index contributed by atoms with van der Waals surface area (Å²) in [5.74, 6) is -0.0139. The number of carbonyl (C=O) groups is 2. The Balaban J connectivity index is 1.95. The van der Waals surface area contributed by atoms with Crippen molar-refractivity contribution in [1.29, 1.82) is 5.26 Å². The van der Waals surface area contributed by atoms with Crippen LogP contribution in [-0.4, -0.2) is 33.1 Å². The van der Waals surface area contributed by atoms with E-state index in [0.717, 1.165) is 36.1 Å². The maximum Gasteiger partial charge on any atom is 0.266 e. The van der Waals surface area contributed by atoms with E-state index in [1.807, 2.05) is 6.07 Å². The molecule has 1 heterocycles. The number of primary amides is 1. The standard InChI is InChI=1S/C22H23N3O5S/c1-28-15-9-12(10-16(29-2)19(15)30-3)8-13(11-23)21(27)25-22-18(20(24)26)14-6-4-5-7-17(14)31-22/h8-10H,4-7H2,1-3H3,(H2,24,26)(H,25,27)/b13-8+. The summed E-state index contributed by atoms with van der Waals surface area (Å²) in [7, 11) is 4.44. The van der Waals surface area contributed by atoms with Crippen molar-refractivity contribution in [1.82, 2.24) is 0 Å². The highest BCUT2D eigenvalue weighted by atomic mass is 32.1. The van der Waals surface area contributed by atoms with E-state index in [4.69, 9.17) is 19.9 Å². The first kappa shape index (κ1) is 22.2. The number of fused-ring (bicyclic) bond motifs is 1. The smallest absolute Gasteiger partial charge is 0.266 e. The molecule has 1 aliphatic carbocycles. The van der Waals surface area contributed by atoms with Gasteiger partial charge in [0.05, 0.1) is 26.9 Å². The highest BCUT2D eigenvalue weighted by Gasteiger charge is 2.25. The van der Waals surface area contributed by atoms with Crippen LogP contribution >= 0.6 is 11.3 Å². The second-order valence-corrected chi connectivity index (χ2v) is 7.97. The van der Waals surface area contributed by atoms with E-state index in [0.29, 0.717) is 33.4 Å². The van der Waals surface area contributed by atoms with Gasteiger partial charge in [0, 0.05) is 4.88 Å². The average molecular weight is 442 g/mol. The summed E-state index contributed by atoms with van der Waals surface area (Å²) < 4.78 is 15.9. The Hall–Kier alpha value is -3.51. The van der Waals surface area contributed by atoms with Crippen LogP contribution in [0.3, 0.4) is 0 Å². The third-order valence-corrected chi connectivity index (χ3v) is 6.22. The molecule has 8 nitrogen and oxygen atoms in total. The Morgan fingerprint density at radius 2 is 1.77 bits per heavy atom. The summed E-state index contributed by atoms with van der Waals surface area (Å²) in [5.41, 5.74) is 7.21. The van der Waals surface area contributed by atoms with Crippen molar-refractivity contribution in [3.8, 4) is 23.3 Å². The molecule has 1 aliphatic rings. The maximum absolute atomic E-state index is 12.8. The number of carbonyl (C=O) groups excluding carboxylic acids is 2. The molecule has 9 heteroatoms. The number of benzene rings is 1. The van der Waals surface area contributed by atoms with E-state index in [1.165, 1.54) is 38.7 Å². The number of nitrogens with two attached hydrogens (primary N) is 1. The van der Waals surface area contributed by atoms with Crippen LogP contribution in [0.2, 0.25) is 0 Å². The SMILES string of the molecule is COc1cc(/C=C(\C#N)C(=O)Nc2sc3c(c2C(N)=O)CCCC3)cc(OC)c1OC. The number of nitrogens with one attached hydrogen (secondary N) is 1. The molecule has 2 amide bonds. The van der Waals surface area contributed by atoms with E-state index < -0.39 is 11.8 Å². The van der Waals surface area contributed by atoms with Gasteiger partial charge in [-0.1, -0.05) is 0 Å². The van der Waals surface area contributed by atoms with Crippen LogP contribution in [0.1, 0.15) is 39.2 Å². The predicted molar refractivity (Wildman–Crippen MR) is 118 cm³/mol. The lowest BCUT2D eigenvalue weighted by molar-refractivity contribution is -0.112. The highest BCUT2D eigenvalue weighted by molar-refractivity contribution is 7.17. The number of anilines is 1. The number of rotatable bonds is 7. The summed E-state index contributed by atoms with van der Waals surface area (Å²) in [4.78, 5) is 25.9. The minimum Gasteiger partial charge on any atom is -0.493 e. The minimum absolute atomic E-state index is 0.143. The number of hydrogen-bond donors (Lipinski definition) is 2. The summed E-state index contributed by atoms with van der Waals surface area (Å²) in [6, 6.07) is 5.17. The van der Waals surface area contributed by atoms with Crippen molar-refractivity contribution < 1.29 is 23.8 Å². The fraction of sp³-hybridized carbons (Fsp3) is 0.318. The zero-order chi connectivity index (χ0) is 22.5. The van der Waals surface area contributed by atoms with E-state index in [-0.39, 0.29) is 5.57 Å². The molecule has 0 saturated carbocycles. The van der Waals surface area contributed by atoms with Crippen molar-refractivity contribution in [2.45, 2.75) is 25.7 Å². The molecule has 3 rings (SSSR count). The van der Waals surface area contributed by atoms with Gasteiger partial charge in [-0.15, -0.1) is 11.3 Å². The van der Waals surface area contributed by atoms with Gasteiger partial charge in [0.1, 0.15) is 16.6 Å². The first-order valence-corrected chi connectivity index (χ1v) is 10.4. The number of thiophene rings is 1. The number of nitriles is 1. The van der Waals surface area contributed by atoms with Gasteiger partial charge in [-0.05, 0) is 55.0 Å². The van der Waals surface area contributed by atoms with Gasteiger partial charge in [0.25, 0.3) is 11.8 Å². The first-order chi connectivity index (χ1) is 14.9. The number of methoxy groups -OCH3 is 3. The molecule has 0 saturated heterocycles.